The summed E-state index contributed by atoms with van der Waals surface area (Å²) in [7, 11) is 0. The number of rotatable bonds is 2. The number of alkyl halides is 1. The Labute approximate surface area is 88.9 Å². The summed E-state index contributed by atoms with van der Waals surface area (Å²) in [4.78, 5) is 0. The van der Waals surface area contributed by atoms with E-state index in [4.69, 9.17) is 5.73 Å². The van der Waals surface area contributed by atoms with Gasteiger partial charge < -0.3 is 5.73 Å². The van der Waals surface area contributed by atoms with Crippen molar-refractivity contribution in [1.82, 2.24) is 0 Å². The summed E-state index contributed by atoms with van der Waals surface area (Å²) in [5.74, 6) is 0. The standard InChI is InChI=1S/C9H9Br2N/c10-5-1-2-7-6-8(11)3-4-9(7)12/h1-4,6H,5,12H2. The molecule has 0 saturated heterocycles. The van der Waals surface area contributed by atoms with Gasteiger partial charge in [0.05, 0.1) is 0 Å². The van der Waals surface area contributed by atoms with Crippen molar-refractivity contribution in [3.63, 3.8) is 0 Å². The normalized spacial score (nSPS) is 10.8. The summed E-state index contributed by atoms with van der Waals surface area (Å²) < 4.78 is 1.05. The molecule has 64 valence electrons. The zero-order chi connectivity index (χ0) is 8.97. The Morgan fingerprint density at radius 2 is 2.17 bits per heavy atom. The van der Waals surface area contributed by atoms with Gasteiger partial charge in [-0.15, -0.1) is 0 Å². The van der Waals surface area contributed by atoms with Gasteiger partial charge in [0.15, 0.2) is 0 Å². The molecule has 0 heterocycles. The lowest BCUT2D eigenvalue weighted by molar-refractivity contribution is 1.59. The van der Waals surface area contributed by atoms with Crippen molar-refractivity contribution in [2.45, 2.75) is 0 Å². The fourth-order valence-electron chi connectivity index (χ4n) is 0.861. The van der Waals surface area contributed by atoms with Crippen molar-refractivity contribution < 1.29 is 0 Å². The summed E-state index contributed by atoms with van der Waals surface area (Å²) in [6.45, 7) is 0. The van der Waals surface area contributed by atoms with Gasteiger partial charge in [-0.05, 0) is 23.8 Å². The highest BCUT2D eigenvalue weighted by atomic mass is 79.9. The average molecular weight is 291 g/mol. The average Bonchev–Trinajstić information content (AvgIpc) is 2.07. The van der Waals surface area contributed by atoms with Crippen LogP contribution >= 0.6 is 31.9 Å². The number of allylic oxidation sites excluding steroid dienone is 1. The molecule has 0 amide bonds. The third-order valence-electron chi connectivity index (χ3n) is 1.44. The molecule has 0 unspecified atom stereocenters. The third-order valence-corrected chi connectivity index (χ3v) is 2.30. The largest absolute Gasteiger partial charge is 0.398 e. The molecule has 3 heteroatoms. The molecule has 1 rings (SSSR count). The molecular formula is C9H9Br2N. The number of anilines is 1. The fourth-order valence-corrected chi connectivity index (χ4v) is 1.43. The van der Waals surface area contributed by atoms with Gasteiger partial charge in [0, 0.05) is 15.5 Å². The number of hydrogen-bond donors (Lipinski definition) is 1. The molecule has 0 aliphatic heterocycles. The molecule has 0 aliphatic rings. The summed E-state index contributed by atoms with van der Waals surface area (Å²) in [5, 5.41) is 0.846. The van der Waals surface area contributed by atoms with E-state index in [1.54, 1.807) is 0 Å². The molecule has 1 aromatic rings. The summed E-state index contributed by atoms with van der Waals surface area (Å²) in [5.41, 5.74) is 7.59. The Morgan fingerprint density at radius 1 is 1.42 bits per heavy atom. The van der Waals surface area contributed by atoms with Crippen LogP contribution in [-0.4, -0.2) is 5.33 Å². The first kappa shape index (κ1) is 9.81. The van der Waals surface area contributed by atoms with Gasteiger partial charge >= 0.3 is 0 Å². The van der Waals surface area contributed by atoms with Crippen LogP contribution in [-0.2, 0) is 0 Å². The van der Waals surface area contributed by atoms with Crippen molar-refractivity contribution >= 4 is 43.6 Å². The molecule has 0 bridgehead atoms. The van der Waals surface area contributed by atoms with Gasteiger partial charge in [0.2, 0.25) is 0 Å². The van der Waals surface area contributed by atoms with Crippen LogP contribution in [0.1, 0.15) is 5.56 Å². The summed E-state index contributed by atoms with van der Waals surface area (Å²) in [6, 6.07) is 5.81. The van der Waals surface area contributed by atoms with Crippen LogP contribution in [0.25, 0.3) is 6.08 Å². The minimum absolute atomic E-state index is 0.801. The summed E-state index contributed by atoms with van der Waals surface area (Å²) in [6.07, 6.45) is 4.01. The van der Waals surface area contributed by atoms with Crippen LogP contribution in [0.3, 0.4) is 0 Å². The lowest BCUT2D eigenvalue weighted by atomic mass is 10.2. The number of benzene rings is 1. The fraction of sp³-hybridized carbons (Fsp3) is 0.111. The van der Waals surface area contributed by atoms with Crippen LogP contribution in [0.2, 0.25) is 0 Å². The maximum atomic E-state index is 5.74. The third kappa shape index (κ3) is 2.64. The first-order valence-corrected chi connectivity index (χ1v) is 5.43. The molecule has 12 heavy (non-hydrogen) atoms. The Morgan fingerprint density at radius 3 is 2.83 bits per heavy atom. The molecule has 1 nitrogen and oxygen atoms in total. The number of nitrogens with two attached hydrogens (primary N) is 1. The van der Waals surface area contributed by atoms with Gasteiger partial charge in [-0.2, -0.15) is 0 Å². The van der Waals surface area contributed by atoms with Gasteiger partial charge in [0.25, 0.3) is 0 Å². The summed E-state index contributed by atoms with van der Waals surface area (Å²) >= 11 is 6.70. The molecule has 0 radical (unpaired) electrons. The Kier molecular flexibility index (Phi) is 3.82. The van der Waals surface area contributed by atoms with Crippen LogP contribution in [0.5, 0.6) is 0 Å². The van der Waals surface area contributed by atoms with E-state index in [1.807, 2.05) is 30.4 Å². The second-order valence-electron chi connectivity index (χ2n) is 2.33. The molecule has 0 aromatic heterocycles. The van der Waals surface area contributed by atoms with E-state index < -0.39 is 0 Å². The molecule has 0 atom stereocenters. The minimum atomic E-state index is 0.801. The van der Waals surface area contributed by atoms with E-state index in [9.17, 15) is 0 Å². The predicted octanol–water partition coefficient (Wildman–Crippen LogP) is 3.44. The van der Waals surface area contributed by atoms with Crippen LogP contribution in [0.4, 0.5) is 5.69 Å². The smallest absolute Gasteiger partial charge is 0.0388 e. The van der Waals surface area contributed by atoms with Crippen molar-refractivity contribution in [3.8, 4) is 0 Å². The highest BCUT2D eigenvalue weighted by Gasteiger charge is 1.94. The van der Waals surface area contributed by atoms with E-state index in [0.29, 0.717) is 0 Å². The second-order valence-corrected chi connectivity index (χ2v) is 3.89. The van der Waals surface area contributed by atoms with E-state index in [1.165, 1.54) is 0 Å². The second kappa shape index (κ2) is 4.67. The molecule has 0 spiro atoms. The number of nitrogen functional groups attached to an aromatic ring is 1. The van der Waals surface area contributed by atoms with Crippen molar-refractivity contribution in [2.75, 3.05) is 11.1 Å². The monoisotopic (exact) mass is 289 g/mol. The van der Waals surface area contributed by atoms with E-state index >= 15 is 0 Å². The van der Waals surface area contributed by atoms with Crippen LogP contribution in [0, 0.1) is 0 Å². The molecule has 0 saturated carbocycles. The number of halogens is 2. The topological polar surface area (TPSA) is 26.0 Å². The zero-order valence-corrected chi connectivity index (χ0v) is 9.60. The molecular weight excluding hydrogens is 282 g/mol. The van der Waals surface area contributed by atoms with Crippen molar-refractivity contribution in [2.24, 2.45) is 0 Å². The van der Waals surface area contributed by atoms with E-state index in [2.05, 4.69) is 31.9 Å². The highest BCUT2D eigenvalue weighted by Crippen LogP contribution is 2.19. The first-order valence-electron chi connectivity index (χ1n) is 3.51. The lowest BCUT2D eigenvalue weighted by Gasteiger charge is -1.99. The quantitative estimate of drug-likeness (QED) is 0.655. The lowest BCUT2D eigenvalue weighted by Crippen LogP contribution is -1.88. The van der Waals surface area contributed by atoms with Crippen LogP contribution < -0.4 is 5.73 Å². The number of hydrogen-bond acceptors (Lipinski definition) is 1. The van der Waals surface area contributed by atoms with Gasteiger partial charge in [-0.3, -0.25) is 0 Å². The molecule has 0 fully saturated rings. The molecule has 1 aromatic carbocycles. The van der Waals surface area contributed by atoms with Crippen molar-refractivity contribution in [3.05, 3.63) is 34.3 Å². The minimum Gasteiger partial charge on any atom is -0.398 e. The van der Waals surface area contributed by atoms with Gasteiger partial charge in [0.1, 0.15) is 0 Å². The van der Waals surface area contributed by atoms with Gasteiger partial charge in [-0.25, -0.2) is 0 Å². The zero-order valence-electron chi connectivity index (χ0n) is 6.43. The first-order chi connectivity index (χ1) is 5.74. The Hall–Kier alpha value is -0.280. The molecule has 2 N–H and O–H groups in total. The molecule has 0 aliphatic carbocycles. The van der Waals surface area contributed by atoms with E-state index in [-0.39, 0.29) is 0 Å². The highest BCUT2D eigenvalue weighted by molar-refractivity contribution is 9.10. The van der Waals surface area contributed by atoms with Crippen LogP contribution in [0.15, 0.2) is 28.7 Å². The Bertz CT molecular complexity index is 295. The van der Waals surface area contributed by atoms with Gasteiger partial charge in [-0.1, -0.05) is 44.0 Å². The SMILES string of the molecule is Nc1ccc(Br)cc1C=CCBr. The van der Waals surface area contributed by atoms with E-state index in [0.717, 1.165) is 21.1 Å². The van der Waals surface area contributed by atoms with Crippen molar-refractivity contribution in [1.29, 1.82) is 0 Å². The maximum Gasteiger partial charge on any atom is 0.0388 e. The Balaban J connectivity index is 2.97. The maximum absolute atomic E-state index is 5.74. The predicted molar refractivity (Wildman–Crippen MR) is 61.4 cm³/mol.